The van der Waals surface area contributed by atoms with Gasteiger partial charge in [0.05, 0.1) is 12.0 Å². The van der Waals surface area contributed by atoms with Crippen molar-refractivity contribution in [1.29, 1.82) is 0 Å². The summed E-state index contributed by atoms with van der Waals surface area (Å²) in [6.07, 6.45) is 2.32. The minimum atomic E-state index is -0.388. The molecule has 2 fully saturated rings. The smallest absolute Gasteiger partial charge is 0.407 e. The summed E-state index contributed by atoms with van der Waals surface area (Å²) in [5.41, 5.74) is -0.286. The Morgan fingerprint density at radius 1 is 1.50 bits per heavy atom. The molecule has 20 heavy (non-hydrogen) atoms. The Balaban J connectivity index is 1.89. The molecule has 0 aromatic carbocycles. The van der Waals surface area contributed by atoms with E-state index in [1.54, 1.807) is 6.92 Å². The number of likely N-dealkylation sites (tertiary alicyclic amines) is 1. The van der Waals surface area contributed by atoms with Crippen LogP contribution in [-0.4, -0.2) is 55.7 Å². The molecule has 2 aliphatic rings. The highest BCUT2D eigenvalue weighted by Gasteiger charge is 2.40. The molecule has 2 aliphatic heterocycles. The molecular formula is C14H25N3O3. The highest BCUT2D eigenvalue weighted by molar-refractivity contribution is 5.83. The molecule has 0 spiro atoms. The van der Waals surface area contributed by atoms with Crippen molar-refractivity contribution in [2.45, 2.75) is 39.2 Å². The Hall–Kier alpha value is -1.30. The summed E-state index contributed by atoms with van der Waals surface area (Å²) in [4.78, 5) is 26.0. The van der Waals surface area contributed by atoms with Crippen molar-refractivity contribution in [2.24, 2.45) is 5.41 Å². The molecule has 0 aromatic rings. The normalized spacial score (nSPS) is 30.1. The maximum absolute atomic E-state index is 12.6. The third-order valence-electron chi connectivity index (χ3n) is 4.19. The highest BCUT2D eigenvalue weighted by atomic mass is 16.5. The Morgan fingerprint density at radius 3 is 2.95 bits per heavy atom. The molecule has 0 aliphatic carbocycles. The van der Waals surface area contributed by atoms with Crippen molar-refractivity contribution in [2.75, 3.05) is 32.8 Å². The van der Waals surface area contributed by atoms with E-state index in [4.69, 9.17) is 4.74 Å². The molecule has 2 unspecified atom stereocenters. The van der Waals surface area contributed by atoms with Gasteiger partial charge in [0.1, 0.15) is 0 Å². The van der Waals surface area contributed by atoms with Gasteiger partial charge >= 0.3 is 6.09 Å². The number of carbonyl (C=O) groups excluding carboxylic acids is 2. The first kappa shape index (κ1) is 15.1. The van der Waals surface area contributed by atoms with Gasteiger partial charge in [-0.2, -0.15) is 0 Å². The number of nitrogens with zero attached hydrogens (tertiary/aromatic N) is 1. The summed E-state index contributed by atoms with van der Waals surface area (Å²) in [5, 5.41) is 6.09. The Bertz CT molecular complexity index is 367. The number of hydrogen-bond donors (Lipinski definition) is 2. The van der Waals surface area contributed by atoms with E-state index in [0.717, 1.165) is 38.9 Å². The second kappa shape index (κ2) is 6.43. The molecule has 0 bridgehead atoms. The number of rotatable bonds is 3. The minimum Gasteiger partial charge on any atom is -0.450 e. The second-order valence-electron chi connectivity index (χ2n) is 5.94. The molecule has 2 heterocycles. The number of hydrogen-bond acceptors (Lipinski definition) is 4. The van der Waals surface area contributed by atoms with Crippen LogP contribution in [0.1, 0.15) is 33.1 Å². The van der Waals surface area contributed by atoms with Crippen molar-refractivity contribution in [3.05, 3.63) is 0 Å². The molecule has 2 atom stereocenters. The molecule has 114 valence electrons. The molecule has 6 heteroatoms. The zero-order valence-corrected chi connectivity index (χ0v) is 12.4. The Morgan fingerprint density at radius 2 is 2.30 bits per heavy atom. The van der Waals surface area contributed by atoms with Crippen molar-refractivity contribution in [1.82, 2.24) is 15.5 Å². The molecule has 2 amide bonds. The lowest BCUT2D eigenvalue weighted by Gasteiger charge is -2.37. The third-order valence-corrected chi connectivity index (χ3v) is 4.19. The maximum atomic E-state index is 12.6. The van der Waals surface area contributed by atoms with Gasteiger partial charge in [-0.3, -0.25) is 4.79 Å². The summed E-state index contributed by atoms with van der Waals surface area (Å²) in [7, 11) is 0. The molecule has 2 rings (SSSR count). The van der Waals surface area contributed by atoms with Crippen molar-refractivity contribution in [3.63, 3.8) is 0 Å². The van der Waals surface area contributed by atoms with Crippen LogP contribution in [0, 0.1) is 5.41 Å². The van der Waals surface area contributed by atoms with Gasteiger partial charge in [-0.1, -0.05) is 0 Å². The average molecular weight is 283 g/mol. The SMILES string of the molecule is CCOC(=O)NC1CCCN(C(=O)C2(C)CCNC2)C1. The van der Waals surface area contributed by atoms with Crippen LogP contribution in [0.4, 0.5) is 4.79 Å². The first-order valence-electron chi connectivity index (χ1n) is 7.48. The number of carbonyl (C=O) groups is 2. The summed E-state index contributed by atoms with van der Waals surface area (Å²) in [5.74, 6) is 0.206. The quantitative estimate of drug-likeness (QED) is 0.801. The molecule has 0 radical (unpaired) electrons. The van der Waals surface area contributed by atoms with Crippen molar-refractivity contribution >= 4 is 12.0 Å². The largest absolute Gasteiger partial charge is 0.450 e. The highest BCUT2D eigenvalue weighted by Crippen LogP contribution is 2.28. The maximum Gasteiger partial charge on any atom is 0.407 e. The summed E-state index contributed by atoms with van der Waals surface area (Å²) < 4.78 is 4.90. The standard InChI is InChI=1S/C14H25N3O3/c1-3-20-13(19)16-11-5-4-8-17(9-11)12(18)14(2)6-7-15-10-14/h11,15H,3-10H2,1-2H3,(H,16,19). The first-order chi connectivity index (χ1) is 9.55. The molecule has 0 aromatic heterocycles. The first-order valence-corrected chi connectivity index (χ1v) is 7.48. The van der Waals surface area contributed by atoms with Gasteiger partial charge in [0.2, 0.25) is 5.91 Å². The van der Waals surface area contributed by atoms with Gasteiger partial charge in [0, 0.05) is 25.7 Å². The zero-order chi connectivity index (χ0) is 14.6. The molecule has 6 nitrogen and oxygen atoms in total. The van der Waals surface area contributed by atoms with Gasteiger partial charge < -0.3 is 20.3 Å². The second-order valence-corrected chi connectivity index (χ2v) is 5.94. The number of nitrogens with one attached hydrogen (secondary N) is 2. The van der Waals surface area contributed by atoms with E-state index in [-0.39, 0.29) is 23.5 Å². The van der Waals surface area contributed by atoms with Gasteiger partial charge in [0.25, 0.3) is 0 Å². The van der Waals surface area contributed by atoms with E-state index in [9.17, 15) is 9.59 Å². The number of ether oxygens (including phenoxy) is 1. The van der Waals surface area contributed by atoms with E-state index in [1.165, 1.54) is 0 Å². The predicted molar refractivity (Wildman–Crippen MR) is 75.4 cm³/mol. The van der Waals surface area contributed by atoms with Gasteiger partial charge in [-0.25, -0.2) is 4.79 Å². The summed E-state index contributed by atoms with van der Waals surface area (Å²) in [6.45, 7) is 7.20. The summed E-state index contributed by atoms with van der Waals surface area (Å²) in [6, 6.07) is 0.00436. The van der Waals surface area contributed by atoms with Crippen LogP contribution in [0.2, 0.25) is 0 Å². The number of amides is 2. The topological polar surface area (TPSA) is 70.7 Å². The molecule has 2 saturated heterocycles. The van der Waals surface area contributed by atoms with E-state index in [0.29, 0.717) is 13.2 Å². The van der Waals surface area contributed by atoms with Crippen molar-refractivity contribution < 1.29 is 14.3 Å². The van der Waals surface area contributed by atoms with E-state index < -0.39 is 0 Å². The van der Waals surface area contributed by atoms with Crippen LogP contribution in [-0.2, 0) is 9.53 Å². The average Bonchev–Trinajstić information content (AvgIpc) is 2.86. The van der Waals surface area contributed by atoms with Crippen LogP contribution in [0.25, 0.3) is 0 Å². The van der Waals surface area contributed by atoms with Crippen molar-refractivity contribution in [3.8, 4) is 0 Å². The van der Waals surface area contributed by atoms with Crippen LogP contribution in [0.5, 0.6) is 0 Å². The lowest BCUT2D eigenvalue weighted by atomic mass is 9.87. The van der Waals surface area contributed by atoms with Crippen LogP contribution < -0.4 is 10.6 Å². The fraction of sp³-hybridized carbons (Fsp3) is 0.857. The van der Waals surface area contributed by atoms with E-state index in [1.807, 2.05) is 11.8 Å². The van der Waals surface area contributed by atoms with Gasteiger partial charge in [-0.15, -0.1) is 0 Å². The van der Waals surface area contributed by atoms with E-state index in [2.05, 4.69) is 10.6 Å². The number of piperidine rings is 1. The Labute approximate surface area is 120 Å². The van der Waals surface area contributed by atoms with Crippen LogP contribution in [0.15, 0.2) is 0 Å². The van der Waals surface area contributed by atoms with E-state index >= 15 is 0 Å². The fourth-order valence-corrected chi connectivity index (χ4v) is 3.00. The van der Waals surface area contributed by atoms with Gasteiger partial charge in [-0.05, 0) is 39.7 Å². The third kappa shape index (κ3) is 3.42. The molecular weight excluding hydrogens is 258 g/mol. The van der Waals surface area contributed by atoms with Crippen LogP contribution in [0.3, 0.4) is 0 Å². The monoisotopic (exact) mass is 283 g/mol. The lowest BCUT2D eigenvalue weighted by Crippen LogP contribution is -2.53. The zero-order valence-electron chi connectivity index (χ0n) is 12.4. The van der Waals surface area contributed by atoms with Gasteiger partial charge in [0.15, 0.2) is 0 Å². The fourth-order valence-electron chi connectivity index (χ4n) is 3.00. The number of alkyl carbamates (subject to hydrolysis) is 1. The predicted octanol–water partition coefficient (Wildman–Crippen LogP) is 0.723. The molecule has 2 N–H and O–H groups in total. The minimum absolute atomic E-state index is 0.00436. The van der Waals surface area contributed by atoms with Crippen LogP contribution >= 0.6 is 0 Å². The summed E-state index contributed by atoms with van der Waals surface area (Å²) >= 11 is 0. The Kier molecular flexibility index (Phi) is 4.86. The lowest BCUT2D eigenvalue weighted by molar-refractivity contribution is -0.141. The molecule has 0 saturated carbocycles.